The molecule has 0 atom stereocenters. The maximum Gasteiger partial charge on any atom is 0.215 e. The van der Waals surface area contributed by atoms with Gasteiger partial charge in [-0.3, -0.25) is 5.41 Å². The minimum atomic E-state index is 0.108. The van der Waals surface area contributed by atoms with Gasteiger partial charge in [0.1, 0.15) is 0 Å². The van der Waals surface area contributed by atoms with Gasteiger partial charge >= 0.3 is 0 Å². The van der Waals surface area contributed by atoms with Crippen LogP contribution in [0, 0.1) is 12.3 Å². The minimum Gasteiger partial charge on any atom is -0.481 e. The molecular formula is C9H12N2O. The Balaban J connectivity index is 3.13. The maximum absolute atomic E-state index is 7.41. The summed E-state index contributed by atoms with van der Waals surface area (Å²) < 4.78 is 4.78. The normalized spacial score (nSPS) is 9.50. The molecule has 0 amide bonds. The van der Waals surface area contributed by atoms with Gasteiger partial charge in [-0.15, -0.1) is 0 Å². The Kier molecular flexibility index (Phi) is 2.33. The molecule has 64 valence electrons. The van der Waals surface area contributed by atoms with E-state index in [-0.39, 0.29) is 5.90 Å². The van der Waals surface area contributed by atoms with Crippen molar-refractivity contribution in [3.63, 3.8) is 0 Å². The van der Waals surface area contributed by atoms with Gasteiger partial charge in [0.15, 0.2) is 0 Å². The van der Waals surface area contributed by atoms with E-state index in [0.29, 0.717) is 11.3 Å². The fourth-order valence-electron chi connectivity index (χ4n) is 0.977. The minimum absolute atomic E-state index is 0.108. The fraction of sp³-hybridized carbons (Fsp3) is 0.222. The van der Waals surface area contributed by atoms with Gasteiger partial charge in [0, 0.05) is 5.69 Å². The van der Waals surface area contributed by atoms with E-state index in [0.717, 1.165) is 5.56 Å². The van der Waals surface area contributed by atoms with Gasteiger partial charge in [0.2, 0.25) is 5.90 Å². The van der Waals surface area contributed by atoms with Gasteiger partial charge in [0.05, 0.1) is 12.7 Å². The molecule has 3 N–H and O–H groups in total. The second-order valence-electron chi connectivity index (χ2n) is 2.62. The molecule has 0 saturated carbocycles. The zero-order valence-corrected chi connectivity index (χ0v) is 7.22. The standard InChI is InChI=1S/C9H12N2O/c1-6-3-4-8(10)7(5-6)9(11)12-2/h3-5,11H,10H2,1-2H3. The number of ether oxygens (including phenoxy) is 1. The monoisotopic (exact) mass is 164 g/mol. The number of hydrogen-bond donors (Lipinski definition) is 2. The van der Waals surface area contributed by atoms with Gasteiger partial charge < -0.3 is 10.5 Å². The van der Waals surface area contributed by atoms with E-state index in [1.807, 2.05) is 19.1 Å². The first-order valence-electron chi connectivity index (χ1n) is 3.64. The van der Waals surface area contributed by atoms with Gasteiger partial charge in [-0.2, -0.15) is 0 Å². The summed E-state index contributed by atoms with van der Waals surface area (Å²) in [6.45, 7) is 1.95. The molecule has 3 nitrogen and oxygen atoms in total. The summed E-state index contributed by atoms with van der Waals surface area (Å²) in [5, 5.41) is 7.41. The van der Waals surface area contributed by atoms with E-state index >= 15 is 0 Å². The Labute approximate surface area is 71.7 Å². The number of hydrogen-bond acceptors (Lipinski definition) is 3. The first-order chi connectivity index (χ1) is 5.65. The summed E-state index contributed by atoms with van der Waals surface area (Å²) in [5.74, 6) is 0.108. The molecule has 1 aromatic rings. The Morgan fingerprint density at radius 1 is 1.50 bits per heavy atom. The Morgan fingerprint density at radius 2 is 2.17 bits per heavy atom. The lowest BCUT2D eigenvalue weighted by atomic mass is 10.1. The largest absolute Gasteiger partial charge is 0.481 e. The van der Waals surface area contributed by atoms with Crippen LogP contribution in [0.25, 0.3) is 0 Å². The van der Waals surface area contributed by atoms with Crippen molar-refractivity contribution >= 4 is 11.6 Å². The number of aryl methyl sites for hydroxylation is 1. The SMILES string of the molecule is COC(=N)c1cc(C)ccc1N. The second kappa shape index (κ2) is 3.26. The molecule has 12 heavy (non-hydrogen) atoms. The highest BCUT2D eigenvalue weighted by Gasteiger charge is 2.04. The highest BCUT2D eigenvalue weighted by atomic mass is 16.5. The van der Waals surface area contributed by atoms with Crippen molar-refractivity contribution in [2.45, 2.75) is 6.92 Å². The number of nitrogens with one attached hydrogen (secondary N) is 1. The Hall–Kier alpha value is -1.51. The third-order valence-corrected chi connectivity index (χ3v) is 1.66. The second-order valence-corrected chi connectivity index (χ2v) is 2.62. The summed E-state index contributed by atoms with van der Waals surface area (Å²) in [4.78, 5) is 0. The molecule has 0 aromatic heterocycles. The van der Waals surface area contributed by atoms with Crippen LogP contribution in [0.1, 0.15) is 11.1 Å². The summed E-state index contributed by atoms with van der Waals surface area (Å²) in [6.07, 6.45) is 0. The highest BCUT2D eigenvalue weighted by Crippen LogP contribution is 2.14. The number of benzene rings is 1. The van der Waals surface area contributed by atoms with Crippen molar-refractivity contribution in [1.82, 2.24) is 0 Å². The Morgan fingerprint density at radius 3 is 2.75 bits per heavy atom. The first-order valence-corrected chi connectivity index (χ1v) is 3.64. The zero-order chi connectivity index (χ0) is 9.14. The molecule has 0 saturated heterocycles. The molecule has 0 bridgehead atoms. The number of nitrogen functional groups attached to an aromatic ring is 1. The number of anilines is 1. The van der Waals surface area contributed by atoms with Crippen LogP contribution in [0.5, 0.6) is 0 Å². The molecule has 0 aliphatic heterocycles. The first kappa shape index (κ1) is 8.59. The lowest BCUT2D eigenvalue weighted by molar-refractivity contribution is 0.401. The van der Waals surface area contributed by atoms with E-state index in [4.69, 9.17) is 15.9 Å². The van der Waals surface area contributed by atoms with Crippen molar-refractivity contribution in [1.29, 1.82) is 5.41 Å². The molecule has 3 heteroatoms. The van der Waals surface area contributed by atoms with Gasteiger partial charge in [-0.05, 0) is 19.1 Å². The third-order valence-electron chi connectivity index (χ3n) is 1.66. The average Bonchev–Trinajstić information content (AvgIpc) is 2.08. The molecule has 1 rings (SSSR count). The van der Waals surface area contributed by atoms with E-state index < -0.39 is 0 Å². The van der Waals surface area contributed by atoms with Crippen LogP contribution in [-0.4, -0.2) is 13.0 Å². The maximum atomic E-state index is 7.41. The van der Waals surface area contributed by atoms with E-state index in [1.165, 1.54) is 7.11 Å². The molecule has 0 fully saturated rings. The molecule has 0 heterocycles. The van der Waals surface area contributed by atoms with Crippen molar-refractivity contribution < 1.29 is 4.74 Å². The van der Waals surface area contributed by atoms with Crippen LogP contribution in [0.2, 0.25) is 0 Å². The zero-order valence-electron chi connectivity index (χ0n) is 7.22. The van der Waals surface area contributed by atoms with Crippen LogP contribution >= 0.6 is 0 Å². The van der Waals surface area contributed by atoms with Crippen LogP contribution in [-0.2, 0) is 4.74 Å². The third kappa shape index (κ3) is 1.56. The summed E-state index contributed by atoms with van der Waals surface area (Å²) in [5.41, 5.74) is 7.94. The fourth-order valence-corrected chi connectivity index (χ4v) is 0.977. The van der Waals surface area contributed by atoms with Crippen molar-refractivity contribution in [2.24, 2.45) is 0 Å². The van der Waals surface area contributed by atoms with Crippen LogP contribution in [0.4, 0.5) is 5.69 Å². The van der Waals surface area contributed by atoms with Crippen molar-refractivity contribution in [3.05, 3.63) is 29.3 Å². The average molecular weight is 164 g/mol. The topological polar surface area (TPSA) is 59.1 Å². The van der Waals surface area contributed by atoms with E-state index in [9.17, 15) is 0 Å². The molecule has 0 spiro atoms. The molecule has 0 unspecified atom stereocenters. The lowest BCUT2D eigenvalue weighted by Gasteiger charge is -2.06. The highest BCUT2D eigenvalue weighted by molar-refractivity contribution is 5.96. The summed E-state index contributed by atoms with van der Waals surface area (Å²) in [6, 6.07) is 5.52. The van der Waals surface area contributed by atoms with Crippen LogP contribution < -0.4 is 5.73 Å². The van der Waals surface area contributed by atoms with Crippen molar-refractivity contribution in [3.8, 4) is 0 Å². The lowest BCUT2D eigenvalue weighted by Crippen LogP contribution is -2.05. The molecule has 0 aliphatic rings. The number of methoxy groups -OCH3 is 1. The molecule has 1 aromatic carbocycles. The molecular weight excluding hydrogens is 152 g/mol. The van der Waals surface area contributed by atoms with Crippen LogP contribution in [0.15, 0.2) is 18.2 Å². The smallest absolute Gasteiger partial charge is 0.215 e. The Bertz CT molecular complexity index is 307. The number of nitrogens with two attached hydrogens (primary N) is 1. The van der Waals surface area contributed by atoms with Gasteiger partial charge in [-0.25, -0.2) is 0 Å². The molecule has 0 aliphatic carbocycles. The quantitative estimate of drug-likeness (QED) is 0.376. The summed E-state index contributed by atoms with van der Waals surface area (Å²) >= 11 is 0. The van der Waals surface area contributed by atoms with Gasteiger partial charge in [-0.1, -0.05) is 11.6 Å². The molecule has 0 radical (unpaired) electrons. The van der Waals surface area contributed by atoms with Crippen LogP contribution in [0.3, 0.4) is 0 Å². The summed E-state index contributed by atoms with van der Waals surface area (Å²) in [7, 11) is 1.46. The van der Waals surface area contributed by atoms with Crippen molar-refractivity contribution in [2.75, 3.05) is 12.8 Å². The van der Waals surface area contributed by atoms with Gasteiger partial charge in [0.25, 0.3) is 0 Å². The van der Waals surface area contributed by atoms with E-state index in [2.05, 4.69) is 0 Å². The van der Waals surface area contributed by atoms with E-state index in [1.54, 1.807) is 6.07 Å². The predicted octanol–water partition coefficient (Wildman–Crippen LogP) is 1.55. The number of rotatable bonds is 1. The predicted molar refractivity (Wildman–Crippen MR) is 49.4 cm³/mol.